The van der Waals surface area contributed by atoms with Crippen LogP contribution in [0.4, 0.5) is 16.2 Å². The number of hydrogen-bond donors (Lipinski definition) is 3. The fourth-order valence-electron chi connectivity index (χ4n) is 4.29. The first-order chi connectivity index (χ1) is 12.5. The molecule has 0 radical (unpaired) electrons. The largest absolute Gasteiger partial charge is 0.338 e. The Labute approximate surface area is 155 Å². The number of urea groups is 1. The van der Waals surface area contributed by atoms with Crippen LogP contribution in [-0.4, -0.2) is 42.0 Å². The number of fused-ring (bicyclic) bond motifs is 1. The zero-order valence-corrected chi connectivity index (χ0v) is 15.9. The molecule has 6 nitrogen and oxygen atoms in total. The second-order valence-corrected chi connectivity index (χ2v) is 7.48. The van der Waals surface area contributed by atoms with Gasteiger partial charge in [0.2, 0.25) is 5.91 Å². The predicted octanol–water partition coefficient (Wildman–Crippen LogP) is 3.48. The summed E-state index contributed by atoms with van der Waals surface area (Å²) in [6.45, 7) is 6.86. The number of hydrogen-bond acceptors (Lipinski definition) is 3. The smallest absolute Gasteiger partial charge is 0.319 e. The Hall–Kier alpha value is -2.08. The van der Waals surface area contributed by atoms with Crippen molar-refractivity contribution in [2.24, 2.45) is 0 Å². The number of nitrogens with zero attached hydrogens (tertiary/aromatic N) is 1. The van der Waals surface area contributed by atoms with E-state index in [-0.39, 0.29) is 11.9 Å². The van der Waals surface area contributed by atoms with E-state index in [9.17, 15) is 9.59 Å². The van der Waals surface area contributed by atoms with Crippen LogP contribution in [0.15, 0.2) is 18.2 Å². The average molecular weight is 358 g/mol. The molecule has 2 fully saturated rings. The second-order valence-electron chi connectivity index (χ2n) is 7.48. The van der Waals surface area contributed by atoms with Crippen LogP contribution in [0.2, 0.25) is 0 Å². The molecule has 2 aliphatic heterocycles. The van der Waals surface area contributed by atoms with Gasteiger partial charge in [-0.25, -0.2) is 4.79 Å². The van der Waals surface area contributed by atoms with Crippen LogP contribution in [0.25, 0.3) is 0 Å². The third-order valence-corrected chi connectivity index (χ3v) is 5.78. The molecule has 0 spiro atoms. The van der Waals surface area contributed by atoms with E-state index in [1.807, 2.05) is 26.0 Å². The highest BCUT2D eigenvalue weighted by atomic mass is 16.2. The maximum Gasteiger partial charge on any atom is 0.319 e. The summed E-state index contributed by atoms with van der Waals surface area (Å²) in [4.78, 5) is 26.4. The van der Waals surface area contributed by atoms with Gasteiger partial charge in [0.05, 0.1) is 0 Å². The molecule has 0 unspecified atom stereocenters. The highest BCUT2D eigenvalue weighted by Gasteiger charge is 2.43. The van der Waals surface area contributed by atoms with E-state index >= 15 is 0 Å². The molecule has 3 N–H and O–H groups in total. The van der Waals surface area contributed by atoms with Crippen molar-refractivity contribution >= 4 is 23.3 Å². The molecule has 3 amide bonds. The van der Waals surface area contributed by atoms with Crippen molar-refractivity contribution in [1.29, 1.82) is 0 Å². The summed E-state index contributed by atoms with van der Waals surface area (Å²) >= 11 is 0. The SMILES string of the molecule is CCC(=O)Nc1cc(NC(=O)NCCC23CCCN2CCC3)ccc1C. The van der Waals surface area contributed by atoms with Gasteiger partial charge in [-0.3, -0.25) is 9.69 Å². The Morgan fingerprint density at radius 1 is 1.15 bits per heavy atom. The second kappa shape index (κ2) is 8.08. The van der Waals surface area contributed by atoms with Crippen LogP contribution in [0.1, 0.15) is 51.0 Å². The van der Waals surface area contributed by atoms with E-state index in [4.69, 9.17) is 0 Å². The Kier molecular flexibility index (Phi) is 5.81. The lowest BCUT2D eigenvalue weighted by Gasteiger charge is -2.32. The molecule has 0 aromatic heterocycles. The summed E-state index contributed by atoms with van der Waals surface area (Å²) in [6.07, 6.45) is 6.52. The summed E-state index contributed by atoms with van der Waals surface area (Å²) < 4.78 is 0. The summed E-state index contributed by atoms with van der Waals surface area (Å²) in [5, 5.41) is 8.72. The molecule has 2 aliphatic rings. The van der Waals surface area contributed by atoms with Crippen molar-refractivity contribution in [3.63, 3.8) is 0 Å². The van der Waals surface area contributed by atoms with Crippen LogP contribution in [-0.2, 0) is 4.79 Å². The van der Waals surface area contributed by atoms with Crippen molar-refractivity contribution < 1.29 is 9.59 Å². The lowest BCUT2D eigenvalue weighted by atomic mass is 9.90. The molecule has 26 heavy (non-hydrogen) atoms. The van der Waals surface area contributed by atoms with Gasteiger partial charge in [-0.15, -0.1) is 0 Å². The van der Waals surface area contributed by atoms with Gasteiger partial charge in [-0.05, 0) is 69.8 Å². The first kappa shape index (κ1) is 18.7. The molecule has 2 heterocycles. The predicted molar refractivity (Wildman–Crippen MR) is 105 cm³/mol. The zero-order valence-electron chi connectivity index (χ0n) is 15.9. The van der Waals surface area contributed by atoms with Crippen LogP contribution in [0, 0.1) is 6.92 Å². The lowest BCUT2D eigenvalue weighted by molar-refractivity contribution is -0.115. The molecule has 0 aliphatic carbocycles. The van der Waals surface area contributed by atoms with Gasteiger partial charge in [0.15, 0.2) is 0 Å². The molecule has 6 heteroatoms. The van der Waals surface area contributed by atoms with Crippen LogP contribution in [0.5, 0.6) is 0 Å². The van der Waals surface area contributed by atoms with Gasteiger partial charge in [-0.2, -0.15) is 0 Å². The number of nitrogens with one attached hydrogen (secondary N) is 3. The van der Waals surface area contributed by atoms with Crippen molar-refractivity contribution in [3.8, 4) is 0 Å². The first-order valence-electron chi connectivity index (χ1n) is 9.73. The zero-order chi connectivity index (χ0) is 18.6. The van der Waals surface area contributed by atoms with E-state index in [1.54, 1.807) is 6.07 Å². The van der Waals surface area contributed by atoms with Crippen molar-refractivity contribution in [2.75, 3.05) is 30.3 Å². The lowest BCUT2D eigenvalue weighted by Crippen LogP contribution is -2.42. The Bertz CT molecular complexity index is 664. The molecule has 3 rings (SSSR count). The molecular weight excluding hydrogens is 328 g/mol. The average Bonchev–Trinajstić information content (AvgIpc) is 3.17. The van der Waals surface area contributed by atoms with Crippen LogP contribution < -0.4 is 16.0 Å². The van der Waals surface area contributed by atoms with Gasteiger partial charge in [0.1, 0.15) is 0 Å². The summed E-state index contributed by atoms with van der Waals surface area (Å²) in [5.41, 5.74) is 2.72. The van der Waals surface area contributed by atoms with E-state index in [2.05, 4.69) is 20.9 Å². The quantitative estimate of drug-likeness (QED) is 0.729. The van der Waals surface area contributed by atoms with Gasteiger partial charge in [0, 0.05) is 29.9 Å². The number of carbonyl (C=O) groups excluding carboxylic acids is 2. The maximum absolute atomic E-state index is 12.2. The van der Waals surface area contributed by atoms with Gasteiger partial charge < -0.3 is 16.0 Å². The topological polar surface area (TPSA) is 73.5 Å². The maximum atomic E-state index is 12.2. The Balaban J connectivity index is 1.50. The molecule has 1 aromatic carbocycles. The van der Waals surface area contributed by atoms with E-state index in [0.717, 1.165) is 17.7 Å². The minimum atomic E-state index is -0.194. The third-order valence-electron chi connectivity index (χ3n) is 5.78. The number of anilines is 2. The van der Waals surface area contributed by atoms with Crippen molar-refractivity contribution in [1.82, 2.24) is 10.2 Å². The van der Waals surface area contributed by atoms with Gasteiger partial charge in [-0.1, -0.05) is 13.0 Å². The molecule has 0 bridgehead atoms. The van der Waals surface area contributed by atoms with Gasteiger partial charge >= 0.3 is 6.03 Å². The normalized spacial score (nSPS) is 18.4. The van der Waals surface area contributed by atoms with Crippen LogP contribution >= 0.6 is 0 Å². The minimum absolute atomic E-state index is 0.0355. The summed E-state index contributed by atoms with van der Waals surface area (Å²) in [7, 11) is 0. The van der Waals surface area contributed by atoms with Crippen molar-refractivity contribution in [3.05, 3.63) is 23.8 Å². The molecule has 1 aromatic rings. The molecule has 0 atom stereocenters. The minimum Gasteiger partial charge on any atom is -0.338 e. The standard InChI is InChI=1S/C20H30N4O2/c1-3-18(25)23-17-14-16(7-6-15(17)2)22-19(26)21-11-10-20-8-4-12-24(20)13-5-9-20/h6-7,14H,3-5,8-13H2,1-2H3,(H,23,25)(H2,21,22,26). The van der Waals surface area contributed by atoms with Crippen LogP contribution in [0.3, 0.4) is 0 Å². The summed E-state index contributed by atoms with van der Waals surface area (Å²) in [5.74, 6) is -0.0355. The molecule has 0 saturated carbocycles. The molecule has 2 saturated heterocycles. The molecule has 142 valence electrons. The number of aryl methyl sites for hydroxylation is 1. The number of benzene rings is 1. The third kappa shape index (κ3) is 4.18. The van der Waals surface area contributed by atoms with E-state index < -0.39 is 0 Å². The van der Waals surface area contributed by atoms with Crippen molar-refractivity contribution in [2.45, 2.75) is 57.9 Å². The first-order valence-corrected chi connectivity index (χ1v) is 9.73. The molecular formula is C20H30N4O2. The Morgan fingerprint density at radius 2 is 1.88 bits per heavy atom. The highest BCUT2D eigenvalue weighted by Crippen LogP contribution is 2.40. The van der Waals surface area contributed by atoms with E-state index in [0.29, 0.717) is 24.2 Å². The fraction of sp³-hybridized carbons (Fsp3) is 0.600. The van der Waals surface area contributed by atoms with E-state index in [1.165, 1.54) is 38.8 Å². The fourth-order valence-corrected chi connectivity index (χ4v) is 4.29. The Morgan fingerprint density at radius 3 is 2.58 bits per heavy atom. The monoisotopic (exact) mass is 358 g/mol. The number of amides is 3. The number of carbonyl (C=O) groups is 2. The summed E-state index contributed by atoms with van der Waals surface area (Å²) in [6, 6.07) is 5.36. The number of rotatable bonds is 6. The van der Waals surface area contributed by atoms with Gasteiger partial charge in [0.25, 0.3) is 0 Å². The highest BCUT2D eigenvalue weighted by molar-refractivity contribution is 5.94.